The lowest BCUT2D eigenvalue weighted by molar-refractivity contribution is -0.385. The van der Waals surface area contributed by atoms with E-state index in [1.54, 1.807) is 11.6 Å². The number of nitriles is 1. The van der Waals surface area contributed by atoms with Crippen molar-refractivity contribution in [1.29, 1.82) is 5.26 Å². The molecule has 0 aliphatic heterocycles. The quantitative estimate of drug-likeness (QED) is 0.516. The molecule has 1 heterocycles. The molecule has 0 atom stereocenters. The van der Waals surface area contributed by atoms with Gasteiger partial charge in [-0.25, -0.2) is 9.07 Å². The van der Waals surface area contributed by atoms with E-state index in [1.165, 1.54) is 6.07 Å². The number of hydrogen-bond acceptors (Lipinski definition) is 5. The number of halogens is 1. The number of aromatic nitrogens is 2. The summed E-state index contributed by atoms with van der Waals surface area (Å²) in [6.45, 7) is 1.58. The van der Waals surface area contributed by atoms with E-state index in [0.29, 0.717) is 17.0 Å². The van der Waals surface area contributed by atoms with Crippen molar-refractivity contribution in [2.75, 3.05) is 0 Å². The Morgan fingerprint density at radius 3 is 2.65 bits per heavy atom. The van der Waals surface area contributed by atoms with Crippen LogP contribution in [0.5, 0.6) is 5.75 Å². The summed E-state index contributed by atoms with van der Waals surface area (Å²) in [5.74, 6) is -0.988. The zero-order valence-electron chi connectivity index (χ0n) is 13.7. The highest BCUT2D eigenvalue weighted by molar-refractivity contribution is 5.44. The molecule has 0 spiro atoms. The number of nitro benzene ring substituents is 1. The van der Waals surface area contributed by atoms with Crippen molar-refractivity contribution in [3.8, 4) is 17.5 Å². The number of non-ortho nitro benzene ring substituents is 1. The van der Waals surface area contributed by atoms with Gasteiger partial charge in [-0.05, 0) is 25.1 Å². The topological polar surface area (TPSA) is 94.0 Å². The second-order valence-corrected chi connectivity index (χ2v) is 5.43. The lowest BCUT2D eigenvalue weighted by atomic mass is 10.2. The molecular formula is C18H13FN4O3. The molecule has 0 saturated carbocycles. The van der Waals surface area contributed by atoms with Gasteiger partial charge in [0.25, 0.3) is 5.69 Å². The van der Waals surface area contributed by atoms with E-state index >= 15 is 0 Å². The van der Waals surface area contributed by atoms with Gasteiger partial charge < -0.3 is 4.74 Å². The Labute approximate surface area is 148 Å². The number of hydrogen-bond donors (Lipinski definition) is 0. The van der Waals surface area contributed by atoms with Crippen LogP contribution in [0, 0.1) is 34.2 Å². The van der Waals surface area contributed by atoms with E-state index in [-0.39, 0.29) is 18.0 Å². The Morgan fingerprint density at radius 1 is 1.31 bits per heavy atom. The molecule has 1 aromatic heterocycles. The van der Waals surface area contributed by atoms with Crippen LogP contribution in [-0.2, 0) is 6.61 Å². The van der Waals surface area contributed by atoms with Gasteiger partial charge in [0.05, 0.1) is 28.1 Å². The highest BCUT2D eigenvalue weighted by atomic mass is 19.1. The molecule has 26 heavy (non-hydrogen) atoms. The molecule has 0 N–H and O–H groups in total. The first-order valence-electron chi connectivity index (χ1n) is 7.62. The second kappa shape index (κ2) is 7.03. The van der Waals surface area contributed by atoms with Gasteiger partial charge in [0.2, 0.25) is 0 Å². The normalized spacial score (nSPS) is 10.3. The highest BCUT2D eigenvalue weighted by Crippen LogP contribution is 2.25. The van der Waals surface area contributed by atoms with Gasteiger partial charge in [-0.1, -0.05) is 18.2 Å². The third-order valence-corrected chi connectivity index (χ3v) is 3.76. The van der Waals surface area contributed by atoms with Crippen LogP contribution >= 0.6 is 0 Å². The summed E-state index contributed by atoms with van der Waals surface area (Å²) in [7, 11) is 0. The summed E-state index contributed by atoms with van der Waals surface area (Å²) >= 11 is 0. The largest absolute Gasteiger partial charge is 0.484 e. The molecule has 0 amide bonds. The van der Waals surface area contributed by atoms with Crippen LogP contribution in [0.15, 0.2) is 48.5 Å². The van der Waals surface area contributed by atoms with Crippen LogP contribution in [0.3, 0.4) is 0 Å². The van der Waals surface area contributed by atoms with E-state index < -0.39 is 10.7 Å². The first-order chi connectivity index (χ1) is 12.5. The molecule has 0 aliphatic carbocycles. The van der Waals surface area contributed by atoms with E-state index in [1.807, 2.05) is 30.3 Å². The van der Waals surface area contributed by atoms with E-state index in [9.17, 15) is 19.8 Å². The van der Waals surface area contributed by atoms with Crippen molar-refractivity contribution >= 4 is 5.69 Å². The van der Waals surface area contributed by atoms with Crippen molar-refractivity contribution in [2.45, 2.75) is 13.5 Å². The van der Waals surface area contributed by atoms with Gasteiger partial charge in [-0.3, -0.25) is 10.1 Å². The lowest BCUT2D eigenvalue weighted by Gasteiger charge is -2.10. The first-order valence-corrected chi connectivity index (χ1v) is 7.62. The van der Waals surface area contributed by atoms with Gasteiger partial charge in [0.15, 0.2) is 11.6 Å². The lowest BCUT2D eigenvalue weighted by Crippen LogP contribution is -2.07. The predicted octanol–water partition coefficient (Wildman–Crippen LogP) is 3.68. The van der Waals surface area contributed by atoms with E-state index in [4.69, 9.17) is 4.74 Å². The van der Waals surface area contributed by atoms with Crippen molar-refractivity contribution in [3.05, 3.63) is 81.4 Å². The predicted molar refractivity (Wildman–Crippen MR) is 90.4 cm³/mol. The van der Waals surface area contributed by atoms with E-state index in [2.05, 4.69) is 11.2 Å². The summed E-state index contributed by atoms with van der Waals surface area (Å²) in [6.07, 6.45) is 0. The fourth-order valence-electron chi connectivity index (χ4n) is 2.50. The van der Waals surface area contributed by atoms with Crippen molar-refractivity contribution < 1.29 is 14.1 Å². The Morgan fingerprint density at radius 2 is 2.04 bits per heavy atom. The van der Waals surface area contributed by atoms with Crippen molar-refractivity contribution in [2.24, 2.45) is 0 Å². The second-order valence-electron chi connectivity index (χ2n) is 5.43. The number of benzene rings is 2. The van der Waals surface area contributed by atoms with Crippen molar-refractivity contribution in [1.82, 2.24) is 9.78 Å². The third kappa shape index (κ3) is 3.23. The Balaban J connectivity index is 1.93. The molecule has 0 radical (unpaired) electrons. The number of nitrogens with zero attached hydrogens (tertiary/aromatic N) is 4. The smallest absolute Gasteiger partial charge is 0.272 e. The van der Waals surface area contributed by atoms with Crippen LogP contribution in [0.4, 0.5) is 10.1 Å². The maximum absolute atomic E-state index is 14.0. The Hall–Kier alpha value is -3.73. The van der Waals surface area contributed by atoms with Crippen LogP contribution in [0.1, 0.15) is 17.0 Å². The zero-order valence-corrected chi connectivity index (χ0v) is 13.7. The molecule has 130 valence electrons. The maximum Gasteiger partial charge on any atom is 0.272 e. The molecule has 7 nitrogen and oxygen atoms in total. The van der Waals surface area contributed by atoms with Crippen LogP contribution in [0.25, 0.3) is 5.69 Å². The number of rotatable bonds is 5. The average molecular weight is 352 g/mol. The molecule has 3 rings (SSSR count). The summed E-state index contributed by atoms with van der Waals surface area (Å²) in [5, 5.41) is 24.4. The SMILES string of the molecule is Cc1nn(-c2ccccc2)c(COc2ccc([N+](=O)[O-])cc2F)c1C#N. The first kappa shape index (κ1) is 17.1. The van der Waals surface area contributed by atoms with Crippen LogP contribution in [-0.4, -0.2) is 14.7 Å². The molecule has 2 aromatic carbocycles. The van der Waals surface area contributed by atoms with Gasteiger partial charge >= 0.3 is 0 Å². The summed E-state index contributed by atoms with van der Waals surface area (Å²) in [6, 6.07) is 14.4. The number of aryl methyl sites for hydroxylation is 1. The third-order valence-electron chi connectivity index (χ3n) is 3.76. The Bertz CT molecular complexity index is 1010. The van der Waals surface area contributed by atoms with E-state index in [0.717, 1.165) is 17.8 Å². The van der Waals surface area contributed by atoms with Gasteiger partial charge in [-0.15, -0.1) is 0 Å². The molecule has 0 aliphatic rings. The molecule has 0 fully saturated rings. The minimum absolute atomic E-state index is 0.118. The summed E-state index contributed by atoms with van der Waals surface area (Å²) in [5.41, 5.74) is 1.71. The molecule has 8 heteroatoms. The fraction of sp³-hybridized carbons (Fsp3) is 0.111. The monoisotopic (exact) mass is 352 g/mol. The standard InChI is InChI=1S/C18H13FN4O3/c1-12-15(10-20)17(22(21-12)13-5-3-2-4-6-13)11-26-18-8-7-14(23(24)25)9-16(18)19/h2-9H,11H2,1H3. The number of nitro groups is 1. The minimum atomic E-state index is -0.847. The zero-order chi connectivity index (χ0) is 18.7. The molecule has 0 saturated heterocycles. The fourth-order valence-corrected chi connectivity index (χ4v) is 2.50. The number of ether oxygens (including phenoxy) is 1. The molecule has 3 aromatic rings. The highest BCUT2D eigenvalue weighted by Gasteiger charge is 2.18. The van der Waals surface area contributed by atoms with Gasteiger partial charge in [0.1, 0.15) is 18.2 Å². The summed E-state index contributed by atoms with van der Waals surface area (Å²) < 4.78 is 21.0. The molecular weight excluding hydrogens is 339 g/mol. The van der Waals surface area contributed by atoms with Crippen LogP contribution in [0.2, 0.25) is 0 Å². The van der Waals surface area contributed by atoms with Gasteiger partial charge in [-0.2, -0.15) is 10.4 Å². The van der Waals surface area contributed by atoms with Crippen molar-refractivity contribution in [3.63, 3.8) is 0 Å². The maximum atomic E-state index is 14.0. The number of para-hydroxylation sites is 1. The van der Waals surface area contributed by atoms with Crippen LogP contribution < -0.4 is 4.74 Å². The Kier molecular flexibility index (Phi) is 4.62. The molecule has 0 unspecified atom stereocenters. The molecule has 0 bridgehead atoms. The average Bonchev–Trinajstić information content (AvgIpc) is 2.96. The van der Waals surface area contributed by atoms with Gasteiger partial charge in [0, 0.05) is 6.07 Å². The summed E-state index contributed by atoms with van der Waals surface area (Å²) in [4.78, 5) is 10.00. The minimum Gasteiger partial charge on any atom is -0.484 e.